The first kappa shape index (κ1) is 50.4. The van der Waals surface area contributed by atoms with E-state index in [1.54, 1.807) is 0 Å². The largest absolute Gasteiger partial charge is 0.494 e. The number of nitrogens with two attached hydrogens (primary N) is 2. The van der Waals surface area contributed by atoms with Crippen LogP contribution in [-0.4, -0.2) is 76.8 Å². The average molecular weight is 637 g/mol. The molecule has 1 saturated heterocycles. The Morgan fingerprint density at radius 1 is 0.675 bits per heavy atom. The van der Waals surface area contributed by atoms with E-state index in [1.165, 1.54) is 19.3 Å². The summed E-state index contributed by atoms with van der Waals surface area (Å²) in [6.07, 6.45) is 5.78. The summed E-state index contributed by atoms with van der Waals surface area (Å²) in [5, 5.41) is 14.8. The molecule has 0 unspecified atom stereocenters. The molecule has 15 heteroatoms. The number of benzene rings is 2. The fraction of sp³-hybridized carbons (Fsp3) is 0.440. The summed E-state index contributed by atoms with van der Waals surface area (Å²) in [5.41, 5.74) is 12.4. The zero-order chi connectivity index (χ0) is 22.8. The molecule has 0 bridgehead atoms. The number of piperidine rings is 1. The molecule has 0 spiro atoms. The maximum absolute atomic E-state index is 7.42. The third-order valence-electron chi connectivity index (χ3n) is 5.95. The summed E-state index contributed by atoms with van der Waals surface area (Å²) in [7, 11) is 0. The van der Waals surface area contributed by atoms with E-state index in [0.29, 0.717) is 6.61 Å². The number of rotatable bonds is 12. The van der Waals surface area contributed by atoms with Gasteiger partial charge < -0.3 is 53.2 Å². The van der Waals surface area contributed by atoms with Gasteiger partial charge in [-0.15, -0.1) is 37.2 Å². The molecule has 0 aliphatic carbocycles. The zero-order valence-corrected chi connectivity index (χ0v) is 24.9. The van der Waals surface area contributed by atoms with Gasteiger partial charge in [-0.3, -0.25) is 10.8 Å². The van der Waals surface area contributed by atoms with Crippen molar-refractivity contribution in [1.29, 1.82) is 10.8 Å². The second kappa shape index (κ2) is 26.8. The third kappa shape index (κ3) is 17.3. The van der Waals surface area contributed by atoms with Crippen LogP contribution in [0.5, 0.6) is 11.5 Å². The van der Waals surface area contributed by atoms with Gasteiger partial charge in [0.2, 0.25) is 0 Å². The first-order chi connectivity index (χ1) is 15.5. The van der Waals surface area contributed by atoms with Crippen LogP contribution in [0.15, 0.2) is 48.5 Å². The zero-order valence-electron chi connectivity index (χ0n) is 22.4. The number of likely N-dealkylation sites (tertiary alicyclic amines) is 1. The number of nitrogens with zero attached hydrogens (tertiary/aromatic N) is 1. The molecular weight excluding hydrogens is 589 g/mol. The molecule has 2 aromatic carbocycles. The van der Waals surface area contributed by atoms with Crippen molar-refractivity contribution < 1.29 is 36.9 Å². The molecule has 0 amide bonds. The van der Waals surface area contributed by atoms with Gasteiger partial charge in [0.15, 0.2) is 0 Å². The number of hydrogen-bond donors (Lipinski definition) is 4. The number of halogens is 3. The lowest BCUT2D eigenvalue weighted by atomic mass is 9.92. The summed E-state index contributed by atoms with van der Waals surface area (Å²) < 4.78 is 11.6. The Kier molecular flexibility index (Phi) is 33.8. The predicted molar refractivity (Wildman–Crippen MR) is 169 cm³/mol. The molecule has 1 heterocycles. The number of nitrogens with one attached hydrogen (secondary N) is 2. The van der Waals surface area contributed by atoms with Gasteiger partial charge >= 0.3 is 0 Å². The maximum atomic E-state index is 7.42. The standard InChI is InChI=1S/C25H35N5O2.3ClH.5H2O/c26-24(27)20-4-8-22(9-5-20)31-17-1-3-19-12-15-30(16-13-19)14-2-18-32-23-10-6-21(7-11-23)25(28)29;;;;;;;;/h4-11,19H,1-3,12-18H2,(H3,26,27)(H3,28,29);3*1H;5*1H2. The molecule has 0 saturated carbocycles. The predicted octanol–water partition coefficient (Wildman–Crippen LogP) is 0.737. The van der Waals surface area contributed by atoms with Crippen molar-refractivity contribution in [3.05, 3.63) is 59.7 Å². The van der Waals surface area contributed by atoms with Crippen molar-refractivity contribution in [2.45, 2.75) is 32.1 Å². The van der Waals surface area contributed by atoms with Gasteiger partial charge in [0.1, 0.15) is 23.2 Å². The van der Waals surface area contributed by atoms with Crippen molar-refractivity contribution in [3.8, 4) is 11.5 Å². The number of amidine groups is 2. The van der Waals surface area contributed by atoms with Crippen molar-refractivity contribution in [2.75, 3.05) is 32.8 Å². The van der Waals surface area contributed by atoms with E-state index in [9.17, 15) is 0 Å². The van der Waals surface area contributed by atoms with E-state index in [0.717, 1.165) is 67.6 Å². The minimum atomic E-state index is 0. The van der Waals surface area contributed by atoms with Crippen LogP contribution in [0, 0.1) is 16.7 Å². The van der Waals surface area contributed by atoms with E-state index < -0.39 is 0 Å². The van der Waals surface area contributed by atoms with Crippen molar-refractivity contribution in [1.82, 2.24) is 4.90 Å². The Labute approximate surface area is 254 Å². The van der Waals surface area contributed by atoms with Crippen LogP contribution in [0.3, 0.4) is 0 Å². The highest BCUT2D eigenvalue weighted by Gasteiger charge is 2.18. The molecular formula is C25H48Cl3N5O7. The Hall–Kier alpha value is -2.39. The number of hydrogen-bond acceptors (Lipinski definition) is 5. The van der Waals surface area contributed by atoms with Crippen LogP contribution >= 0.6 is 37.2 Å². The molecule has 1 fully saturated rings. The van der Waals surface area contributed by atoms with Gasteiger partial charge in [0.25, 0.3) is 0 Å². The van der Waals surface area contributed by atoms with E-state index in [2.05, 4.69) is 4.90 Å². The third-order valence-corrected chi connectivity index (χ3v) is 5.95. The highest BCUT2D eigenvalue weighted by atomic mass is 35.5. The minimum absolute atomic E-state index is 0. The first-order valence-corrected chi connectivity index (χ1v) is 11.4. The summed E-state index contributed by atoms with van der Waals surface area (Å²) in [5.74, 6) is 2.60. The molecule has 12 nitrogen and oxygen atoms in total. The highest BCUT2D eigenvalue weighted by Crippen LogP contribution is 2.22. The number of ether oxygens (including phenoxy) is 2. The van der Waals surface area contributed by atoms with Crippen molar-refractivity contribution in [2.24, 2.45) is 17.4 Å². The first-order valence-electron chi connectivity index (χ1n) is 11.4. The van der Waals surface area contributed by atoms with Crippen LogP contribution in [-0.2, 0) is 0 Å². The molecule has 0 atom stereocenters. The van der Waals surface area contributed by atoms with Crippen LogP contribution in [0.2, 0.25) is 0 Å². The Morgan fingerprint density at radius 2 is 1.05 bits per heavy atom. The summed E-state index contributed by atoms with van der Waals surface area (Å²) in [6.45, 7) is 4.81. The van der Waals surface area contributed by atoms with Crippen LogP contribution < -0.4 is 20.9 Å². The van der Waals surface area contributed by atoms with Crippen LogP contribution in [0.25, 0.3) is 0 Å². The number of nitrogen functional groups attached to an aromatic ring is 2. The average Bonchev–Trinajstić information content (AvgIpc) is 2.81. The fourth-order valence-corrected chi connectivity index (χ4v) is 4.00. The molecule has 40 heavy (non-hydrogen) atoms. The minimum Gasteiger partial charge on any atom is -0.494 e. The molecule has 0 aromatic heterocycles. The maximum Gasteiger partial charge on any atom is 0.122 e. The molecule has 2 aromatic rings. The second-order valence-corrected chi connectivity index (χ2v) is 8.35. The normalized spacial score (nSPS) is 11.8. The molecule has 1 aliphatic rings. The molecule has 3 rings (SSSR count). The molecule has 16 N–H and O–H groups in total. The Bertz CT molecular complexity index is 816. The van der Waals surface area contributed by atoms with E-state index in [-0.39, 0.29) is 76.3 Å². The molecule has 0 radical (unpaired) electrons. The smallest absolute Gasteiger partial charge is 0.122 e. The Morgan fingerprint density at radius 3 is 1.43 bits per heavy atom. The second-order valence-electron chi connectivity index (χ2n) is 8.35. The summed E-state index contributed by atoms with van der Waals surface area (Å²) in [6, 6.07) is 14.8. The lowest BCUT2D eigenvalue weighted by Crippen LogP contribution is -2.35. The quantitative estimate of drug-likeness (QED) is 0.148. The fourth-order valence-electron chi connectivity index (χ4n) is 4.00. The van der Waals surface area contributed by atoms with Gasteiger partial charge in [0, 0.05) is 17.7 Å². The Balaban J connectivity index is -0.000000361. The van der Waals surface area contributed by atoms with Gasteiger partial charge in [-0.2, -0.15) is 0 Å². The SMILES string of the molecule is Cl.Cl.Cl.N=C(N)c1ccc(OCCCC2CCN(CCCOc3ccc(C(=N)N)cc3)CC2)cc1.O.O.O.O.O. The van der Waals surface area contributed by atoms with Crippen molar-refractivity contribution in [3.63, 3.8) is 0 Å². The van der Waals surface area contributed by atoms with E-state index >= 15 is 0 Å². The van der Waals surface area contributed by atoms with Gasteiger partial charge in [0.05, 0.1) is 13.2 Å². The lowest BCUT2D eigenvalue weighted by Gasteiger charge is -2.32. The lowest BCUT2D eigenvalue weighted by molar-refractivity contribution is 0.161. The topological polar surface area (TPSA) is 279 Å². The summed E-state index contributed by atoms with van der Waals surface area (Å²) >= 11 is 0. The molecule has 236 valence electrons. The van der Waals surface area contributed by atoms with Crippen molar-refractivity contribution >= 4 is 48.9 Å². The van der Waals surface area contributed by atoms with E-state index in [1.807, 2.05) is 48.5 Å². The molecule has 1 aliphatic heterocycles. The van der Waals surface area contributed by atoms with Gasteiger partial charge in [-0.25, -0.2) is 0 Å². The van der Waals surface area contributed by atoms with Crippen LogP contribution in [0.1, 0.15) is 43.2 Å². The van der Waals surface area contributed by atoms with Crippen LogP contribution in [0.4, 0.5) is 0 Å². The monoisotopic (exact) mass is 635 g/mol. The van der Waals surface area contributed by atoms with Gasteiger partial charge in [-0.05, 0) is 99.6 Å². The highest BCUT2D eigenvalue weighted by molar-refractivity contribution is 5.95. The van der Waals surface area contributed by atoms with Gasteiger partial charge in [-0.1, -0.05) is 0 Å². The summed E-state index contributed by atoms with van der Waals surface area (Å²) in [4.78, 5) is 2.53. The van der Waals surface area contributed by atoms with E-state index in [4.69, 9.17) is 31.8 Å².